The van der Waals surface area contributed by atoms with Gasteiger partial charge in [-0.3, -0.25) is 0 Å². The summed E-state index contributed by atoms with van der Waals surface area (Å²) in [4.78, 5) is 15.2. The summed E-state index contributed by atoms with van der Waals surface area (Å²) in [5.74, 6) is 1.82. The second-order valence-corrected chi connectivity index (χ2v) is 8.92. The number of anilines is 2. The smallest absolute Gasteiger partial charge is 0.416 e. The topological polar surface area (TPSA) is 98.4 Å². The molecule has 8 nitrogen and oxygen atoms in total. The molecule has 3 aromatic rings. The van der Waals surface area contributed by atoms with Crippen molar-refractivity contribution < 1.29 is 22.6 Å². The van der Waals surface area contributed by atoms with E-state index in [0.717, 1.165) is 37.9 Å². The maximum Gasteiger partial charge on any atom is 0.416 e. The number of halogens is 3. The van der Waals surface area contributed by atoms with Gasteiger partial charge in [0.05, 0.1) is 36.5 Å². The molecule has 0 bridgehead atoms. The third kappa shape index (κ3) is 7.09. The summed E-state index contributed by atoms with van der Waals surface area (Å²) < 4.78 is 51.3. The van der Waals surface area contributed by atoms with E-state index in [1.54, 1.807) is 33.1 Å². The molecule has 11 heteroatoms. The van der Waals surface area contributed by atoms with Crippen molar-refractivity contribution in [3.8, 4) is 11.5 Å². The predicted octanol–water partition coefficient (Wildman–Crippen LogP) is 5.23. The first-order valence-electron chi connectivity index (χ1n) is 11.7. The number of methoxy groups -OCH3 is 1. The Morgan fingerprint density at radius 3 is 2.44 bits per heavy atom. The van der Waals surface area contributed by atoms with Crippen molar-refractivity contribution in [3.63, 3.8) is 0 Å². The quantitative estimate of drug-likeness (QED) is 0.341. The molecule has 196 valence electrons. The van der Waals surface area contributed by atoms with E-state index in [0.29, 0.717) is 40.7 Å². The van der Waals surface area contributed by atoms with Crippen molar-refractivity contribution in [3.05, 3.63) is 41.3 Å². The number of nitrogens with one attached hydrogen (secondary N) is 1. The Morgan fingerprint density at radius 2 is 1.78 bits per heavy atom. The number of unbranched alkanes of at least 4 members (excludes halogenated alkanes) is 2. The molecule has 0 aliphatic heterocycles. The average molecular weight is 507 g/mol. The first kappa shape index (κ1) is 27.3. The maximum absolute atomic E-state index is 13.3. The van der Waals surface area contributed by atoms with E-state index < -0.39 is 17.8 Å². The second-order valence-electron chi connectivity index (χ2n) is 8.92. The van der Waals surface area contributed by atoms with Gasteiger partial charge < -0.3 is 25.4 Å². The van der Waals surface area contributed by atoms with E-state index in [4.69, 9.17) is 15.2 Å². The molecule has 1 atom stereocenters. The number of nitrogen functional groups attached to an aromatic ring is 1. The molecule has 3 rings (SSSR count). The average Bonchev–Trinajstić information content (AvgIpc) is 2.79. The largest absolute Gasteiger partial charge is 0.493 e. The lowest BCUT2D eigenvalue weighted by atomic mass is 10.1. The number of pyridine rings is 1. The molecule has 0 aliphatic carbocycles. The minimum atomic E-state index is -4.53. The zero-order valence-corrected chi connectivity index (χ0v) is 21.2. The van der Waals surface area contributed by atoms with Crippen LogP contribution in [0.5, 0.6) is 11.5 Å². The number of ether oxygens (including phenoxy) is 2. The molecule has 0 saturated carbocycles. The van der Waals surface area contributed by atoms with Crippen LogP contribution in [-0.4, -0.2) is 54.2 Å². The fourth-order valence-corrected chi connectivity index (χ4v) is 3.76. The molecule has 0 spiro atoms. The fraction of sp³-hybridized carbons (Fsp3) is 0.480. The summed E-state index contributed by atoms with van der Waals surface area (Å²) in [6, 6.07) is 4.74. The highest BCUT2D eigenvalue weighted by molar-refractivity contribution is 5.92. The maximum atomic E-state index is 13.3. The Labute approximate surface area is 209 Å². The van der Waals surface area contributed by atoms with Crippen LogP contribution >= 0.6 is 0 Å². The number of alkyl halides is 3. The first-order chi connectivity index (χ1) is 17.0. The van der Waals surface area contributed by atoms with Gasteiger partial charge in [0.15, 0.2) is 11.5 Å². The van der Waals surface area contributed by atoms with E-state index in [9.17, 15) is 13.2 Å². The van der Waals surface area contributed by atoms with Gasteiger partial charge in [-0.25, -0.2) is 15.0 Å². The molecule has 0 unspecified atom stereocenters. The van der Waals surface area contributed by atoms with Crippen molar-refractivity contribution >= 4 is 22.5 Å². The minimum absolute atomic E-state index is 0.148. The summed E-state index contributed by atoms with van der Waals surface area (Å²) in [7, 11) is 5.65. The van der Waals surface area contributed by atoms with Crippen LogP contribution in [0, 0.1) is 6.92 Å². The number of nitrogens with zero attached hydrogens (tertiary/aromatic N) is 4. The van der Waals surface area contributed by atoms with Crippen LogP contribution in [0.2, 0.25) is 0 Å². The van der Waals surface area contributed by atoms with Gasteiger partial charge in [-0.15, -0.1) is 0 Å². The van der Waals surface area contributed by atoms with Gasteiger partial charge in [0, 0.05) is 11.5 Å². The molecule has 0 fully saturated rings. The van der Waals surface area contributed by atoms with Gasteiger partial charge in [0.25, 0.3) is 0 Å². The van der Waals surface area contributed by atoms with E-state index >= 15 is 0 Å². The van der Waals surface area contributed by atoms with Gasteiger partial charge in [-0.2, -0.15) is 13.2 Å². The standard InChI is InChI=1S/C25H33F3N6O2/c1-15(19-11-17(25(26,27)28)12-23(29)33-19)30-24-18-13-22(36-10-8-6-7-9-34(3)4)21(35-5)14-20(18)31-16(2)32-24/h11-15H,6-10H2,1-5H3,(H2,29,33)(H,30,31,32)/t15-/m1/s1. The van der Waals surface area contributed by atoms with Crippen molar-refractivity contribution in [2.24, 2.45) is 0 Å². The SMILES string of the molecule is COc1cc2nc(C)nc(N[C@H](C)c3cc(C(F)(F)F)cc(N)n3)c2cc1OCCCCCN(C)C. The van der Waals surface area contributed by atoms with Crippen LogP contribution in [0.4, 0.5) is 24.8 Å². The van der Waals surface area contributed by atoms with Crippen LogP contribution in [0.3, 0.4) is 0 Å². The lowest BCUT2D eigenvalue weighted by molar-refractivity contribution is -0.137. The van der Waals surface area contributed by atoms with Crippen LogP contribution in [0.1, 0.15) is 49.3 Å². The van der Waals surface area contributed by atoms with E-state index in [1.165, 1.54) is 0 Å². The van der Waals surface area contributed by atoms with Gasteiger partial charge in [-0.05, 0) is 71.9 Å². The molecule has 3 N–H and O–H groups in total. The molecule has 0 radical (unpaired) electrons. The summed E-state index contributed by atoms with van der Waals surface area (Å²) in [6.07, 6.45) is -1.52. The third-order valence-corrected chi connectivity index (χ3v) is 5.59. The number of hydrogen-bond acceptors (Lipinski definition) is 8. The number of rotatable bonds is 11. The van der Waals surface area contributed by atoms with Crippen molar-refractivity contribution in [1.29, 1.82) is 0 Å². The Hall–Kier alpha value is -3.34. The Kier molecular flexibility index (Phi) is 8.78. The van der Waals surface area contributed by atoms with E-state index in [1.807, 2.05) is 14.1 Å². The summed E-state index contributed by atoms with van der Waals surface area (Å²) in [5, 5.41) is 3.82. The van der Waals surface area contributed by atoms with Crippen molar-refractivity contribution in [2.45, 2.75) is 45.3 Å². The highest BCUT2D eigenvalue weighted by atomic mass is 19.4. The number of aromatic nitrogens is 3. The zero-order chi connectivity index (χ0) is 26.5. The van der Waals surface area contributed by atoms with Gasteiger partial charge in [0.1, 0.15) is 17.5 Å². The summed E-state index contributed by atoms with van der Waals surface area (Å²) in [5.41, 5.74) is 5.56. The second kappa shape index (κ2) is 11.6. The summed E-state index contributed by atoms with van der Waals surface area (Å²) in [6.45, 7) is 4.98. The van der Waals surface area contributed by atoms with Crippen LogP contribution < -0.4 is 20.5 Å². The molecule has 0 saturated heterocycles. The molecule has 0 amide bonds. The number of aryl methyl sites for hydroxylation is 1. The van der Waals surface area contributed by atoms with Crippen molar-refractivity contribution in [2.75, 3.05) is 45.4 Å². The first-order valence-corrected chi connectivity index (χ1v) is 11.7. The van der Waals surface area contributed by atoms with Gasteiger partial charge in [0.2, 0.25) is 0 Å². The summed E-state index contributed by atoms with van der Waals surface area (Å²) >= 11 is 0. The third-order valence-electron chi connectivity index (χ3n) is 5.59. The monoisotopic (exact) mass is 506 g/mol. The molecular weight excluding hydrogens is 473 g/mol. The molecule has 2 aromatic heterocycles. The van der Waals surface area contributed by atoms with Crippen LogP contribution in [-0.2, 0) is 6.18 Å². The number of nitrogens with two attached hydrogens (primary N) is 1. The minimum Gasteiger partial charge on any atom is -0.493 e. The Balaban J connectivity index is 1.86. The van der Waals surface area contributed by atoms with Crippen molar-refractivity contribution in [1.82, 2.24) is 19.9 Å². The highest BCUT2D eigenvalue weighted by Gasteiger charge is 2.32. The Morgan fingerprint density at radius 1 is 1.03 bits per heavy atom. The molecular formula is C25H33F3N6O2. The molecule has 2 heterocycles. The normalized spacial score (nSPS) is 12.7. The van der Waals surface area contributed by atoms with Gasteiger partial charge >= 0.3 is 6.18 Å². The Bertz CT molecular complexity index is 1190. The van der Waals surface area contributed by atoms with Gasteiger partial charge in [-0.1, -0.05) is 0 Å². The lowest BCUT2D eigenvalue weighted by Gasteiger charge is -2.19. The van der Waals surface area contributed by atoms with Crippen LogP contribution in [0.25, 0.3) is 10.9 Å². The number of benzene rings is 1. The fourth-order valence-electron chi connectivity index (χ4n) is 3.76. The van der Waals surface area contributed by atoms with Crippen LogP contribution in [0.15, 0.2) is 24.3 Å². The number of fused-ring (bicyclic) bond motifs is 1. The highest BCUT2D eigenvalue weighted by Crippen LogP contribution is 2.36. The van der Waals surface area contributed by atoms with E-state index in [-0.39, 0.29) is 11.5 Å². The molecule has 36 heavy (non-hydrogen) atoms. The molecule has 1 aromatic carbocycles. The van der Waals surface area contributed by atoms with E-state index in [2.05, 4.69) is 25.2 Å². The predicted molar refractivity (Wildman–Crippen MR) is 134 cm³/mol. The zero-order valence-electron chi connectivity index (χ0n) is 21.2. The lowest BCUT2D eigenvalue weighted by Crippen LogP contribution is -2.15. The number of hydrogen-bond donors (Lipinski definition) is 2. The molecule has 0 aliphatic rings.